The van der Waals surface area contributed by atoms with Gasteiger partial charge in [0.1, 0.15) is 0 Å². The summed E-state index contributed by atoms with van der Waals surface area (Å²) in [5.74, 6) is 0.427. The second kappa shape index (κ2) is 13.7. The Morgan fingerprint density at radius 3 is 2.15 bits per heavy atom. The topological polar surface area (TPSA) is 72.4 Å². The second-order valence-electron chi connectivity index (χ2n) is 10.5. The molecule has 2 heterocycles. The van der Waals surface area contributed by atoms with Gasteiger partial charge in [0.25, 0.3) is 0 Å². The summed E-state index contributed by atoms with van der Waals surface area (Å²) in [5, 5.41) is 9.91. The van der Waals surface area contributed by atoms with E-state index in [0.29, 0.717) is 24.3 Å². The molecule has 254 valence electrons. The molecule has 0 fully saturated rings. The first kappa shape index (κ1) is 35.3. The van der Waals surface area contributed by atoms with Crippen LogP contribution < -0.4 is 15.8 Å². The fourth-order valence-electron chi connectivity index (χ4n) is 5.24. The zero-order valence-electron chi connectivity index (χ0n) is 24.8. The van der Waals surface area contributed by atoms with Crippen molar-refractivity contribution in [1.82, 2.24) is 21.0 Å². The number of carbonyl (C=O) groups is 1. The molecule has 2 aromatic rings. The van der Waals surface area contributed by atoms with Crippen molar-refractivity contribution in [2.75, 3.05) is 30.1 Å². The molecule has 18 heteroatoms. The first-order valence-corrected chi connectivity index (χ1v) is 15.5. The van der Waals surface area contributed by atoms with Crippen molar-refractivity contribution in [2.24, 2.45) is 5.10 Å². The second-order valence-corrected chi connectivity index (χ2v) is 11.4. The number of thioether (sulfide) groups is 1. The molecule has 0 aliphatic carbocycles. The number of fused-ring (bicyclic) bond motifs is 1. The fraction of sp³-hybridized carbons (Fsp3) is 0.500. The largest absolute Gasteiger partial charge is 0.449 e. The molecule has 46 heavy (non-hydrogen) atoms. The molecule has 0 saturated heterocycles. The van der Waals surface area contributed by atoms with Crippen molar-refractivity contribution in [3.8, 4) is 0 Å². The maximum Gasteiger partial charge on any atom is 0.416 e. The third kappa shape index (κ3) is 7.87. The van der Waals surface area contributed by atoms with Crippen LogP contribution in [0, 0.1) is 0 Å². The number of alkyl halides is 9. The van der Waals surface area contributed by atoms with Gasteiger partial charge in [0.05, 0.1) is 41.6 Å². The molecule has 0 radical (unpaired) electrons. The lowest BCUT2D eigenvalue weighted by Gasteiger charge is -2.41. The number of anilines is 1. The van der Waals surface area contributed by atoms with E-state index in [4.69, 9.17) is 4.74 Å². The number of hydrogen-bond acceptors (Lipinski definition) is 8. The van der Waals surface area contributed by atoms with Crippen molar-refractivity contribution in [3.63, 3.8) is 0 Å². The van der Waals surface area contributed by atoms with Crippen LogP contribution >= 0.6 is 11.8 Å². The highest BCUT2D eigenvalue weighted by Gasteiger charge is 2.41. The smallest absolute Gasteiger partial charge is 0.416 e. The number of halogens is 9. The number of rotatable bonds is 8. The third-order valence-corrected chi connectivity index (χ3v) is 7.99. The van der Waals surface area contributed by atoms with Gasteiger partial charge in [-0.3, -0.25) is 9.91 Å². The number of amides is 1. The van der Waals surface area contributed by atoms with Crippen LogP contribution in [0.1, 0.15) is 60.5 Å². The van der Waals surface area contributed by atoms with Gasteiger partial charge in [0.2, 0.25) is 5.96 Å². The summed E-state index contributed by atoms with van der Waals surface area (Å²) >= 11 is 1.42. The summed E-state index contributed by atoms with van der Waals surface area (Å²) < 4.78 is 128. The van der Waals surface area contributed by atoms with Crippen molar-refractivity contribution in [2.45, 2.75) is 63.8 Å². The number of guanidine groups is 1. The first-order chi connectivity index (χ1) is 21.5. The molecule has 0 unspecified atom stereocenters. The Morgan fingerprint density at radius 2 is 1.61 bits per heavy atom. The van der Waals surface area contributed by atoms with Crippen LogP contribution in [0.4, 0.5) is 50.0 Å². The zero-order chi connectivity index (χ0) is 34.0. The van der Waals surface area contributed by atoms with E-state index >= 15 is 0 Å². The monoisotopic (exact) mass is 686 g/mol. The predicted octanol–water partition coefficient (Wildman–Crippen LogP) is 7.39. The molecule has 0 aromatic heterocycles. The SMILES string of the molecule is CCOC(=O)N1c2ccc(C(F)(F)F)cc2[C@@H](NC2=NNN(CCSC)N2Cc2cc(C(F)(F)F)cc(C(F)(F)F)c2)C[C@H]1CC. The Morgan fingerprint density at radius 1 is 0.978 bits per heavy atom. The Hall–Kier alpha value is -3.54. The van der Waals surface area contributed by atoms with Gasteiger partial charge in [-0.25, -0.2) is 10.3 Å². The summed E-state index contributed by atoms with van der Waals surface area (Å²) in [7, 11) is 0. The minimum Gasteiger partial charge on any atom is -0.449 e. The van der Waals surface area contributed by atoms with Crippen molar-refractivity contribution < 1.29 is 49.0 Å². The van der Waals surface area contributed by atoms with E-state index in [1.165, 1.54) is 32.9 Å². The number of benzene rings is 2. The Bertz CT molecular complexity index is 1400. The molecule has 2 aromatic carbocycles. The molecule has 8 nitrogen and oxygen atoms in total. The van der Waals surface area contributed by atoms with Crippen molar-refractivity contribution in [3.05, 3.63) is 64.2 Å². The molecular formula is C28H31F9N6O2S. The van der Waals surface area contributed by atoms with E-state index in [-0.39, 0.29) is 48.4 Å². The number of hydrogen-bond donors (Lipinski definition) is 2. The summed E-state index contributed by atoms with van der Waals surface area (Å²) in [6, 6.07) is 2.72. The third-order valence-electron chi connectivity index (χ3n) is 7.40. The summed E-state index contributed by atoms with van der Waals surface area (Å²) in [6.45, 7) is 3.10. The van der Waals surface area contributed by atoms with Gasteiger partial charge in [-0.05, 0) is 73.5 Å². The average molecular weight is 687 g/mol. The molecular weight excluding hydrogens is 655 g/mol. The fourth-order valence-corrected chi connectivity index (χ4v) is 5.60. The molecule has 2 aliphatic rings. The number of nitrogens with one attached hydrogen (secondary N) is 2. The first-order valence-electron chi connectivity index (χ1n) is 14.1. The van der Waals surface area contributed by atoms with Gasteiger partial charge < -0.3 is 10.1 Å². The number of hydrazine groups is 2. The van der Waals surface area contributed by atoms with Gasteiger partial charge in [-0.1, -0.05) is 6.92 Å². The van der Waals surface area contributed by atoms with Crippen LogP contribution in [-0.2, 0) is 29.8 Å². The van der Waals surface area contributed by atoms with Crippen LogP contribution in [0.3, 0.4) is 0 Å². The van der Waals surface area contributed by atoms with Crippen LogP contribution in [0.15, 0.2) is 41.5 Å². The van der Waals surface area contributed by atoms with Gasteiger partial charge in [0.15, 0.2) is 0 Å². The molecule has 2 atom stereocenters. The van der Waals surface area contributed by atoms with Gasteiger partial charge in [-0.15, -0.1) is 10.2 Å². The normalized spacial score (nSPS) is 19.1. The van der Waals surface area contributed by atoms with E-state index in [1.807, 2.05) is 0 Å². The molecule has 2 N–H and O–H groups in total. The average Bonchev–Trinajstić information content (AvgIpc) is 3.34. The summed E-state index contributed by atoms with van der Waals surface area (Å²) in [4.78, 5) is 14.2. The lowest BCUT2D eigenvalue weighted by molar-refractivity contribution is -0.143. The Kier molecular flexibility index (Phi) is 10.5. The quantitative estimate of drug-likeness (QED) is 0.281. The molecule has 0 saturated carbocycles. The standard InChI is InChI=1S/C28H31F9N6O2S/c1-4-20-14-22(21-13-17(26(29,30)31)6-7-23(21)43(20)25(44)45-5-2)38-24-39-40-42(8-9-46-3)41(24)15-16-10-18(27(32,33)34)12-19(11-16)28(35,36)37/h6-7,10-13,20,22,40H,4-5,8-9,14-15H2,1-3H3,(H,38,39)/t20-,22+/m1/s1. The number of nitrogens with zero attached hydrogens (tertiary/aromatic N) is 4. The highest BCUT2D eigenvalue weighted by atomic mass is 32.2. The van der Waals surface area contributed by atoms with Crippen LogP contribution in [0.2, 0.25) is 0 Å². The molecule has 2 aliphatic heterocycles. The minimum atomic E-state index is -5.06. The maximum atomic E-state index is 13.8. The van der Waals surface area contributed by atoms with Crippen molar-refractivity contribution >= 4 is 29.5 Å². The Balaban J connectivity index is 1.75. The molecule has 4 rings (SSSR count). The van der Waals surface area contributed by atoms with Gasteiger partial charge in [0, 0.05) is 18.3 Å². The van der Waals surface area contributed by atoms with Gasteiger partial charge in [-0.2, -0.15) is 51.3 Å². The molecule has 0 spiro atoms. The minimum absolute atomic E-state index is 0.0261. The summed E-state index contributed by atoms with van der Waals surface area (Å²) in [5.41, 5.74) is -1.37. The van der Waals surface area contributed by atoms with E-state index < -0.39 is 59.9 Å². The highest BCUT2D eigenvalue weighted by molar-refractivity contribution is 7.98. The maximum absolute atomic E-state index is 13.8. The molecule has 0 bridgehead atoms. The number of ether oxygens (including phenoxy) is 1. The van der Waals surface area contributed by atoms with Crippen LogP contribution in [-0.4, -0.2) is 53.4 Å². The lowest BCUT2D eigenvalue weighted by Crippen LogP contribution is -2.52. The van der Waals surface area contributed by atoms with E-state index in [1.54, 1.807) is 20.1 Å². The van der Waals surface area contributed by atoms with E-state index in [0.717, 1.165) is 12.1 Å². The number of hydrazone groups is 1. The lowest BCUT2D eigenvalue weighted by atomic mass is 9.89. The van der Waals surface area contributed by atoms with E-state index in [2.05, 4.69) is 16.0 Å². The molecule has 1 amide bonds. The van der Waals surface area contributed by atoms with Crippen LogP contribution in [0.5, 0.6) is 0 Å². The zero-order valence-corrected chi connectivity index (χ0v) is 25.6. The van der Waals surface area contributed by atoms with Crippen molar-refractivity contribution in [1.29, 1.82) is 0 Å². The Labute approximate surface area is 262 Å². The van der Waals surface area contributed by atoms with E-state index in [9.17, 15) is 44.3 Å². The van der Waals surface area contributed by atoms with Crippen LogP contribution in [0.25, 0.3) is 0 Å². The predicted molar refractivity (Wildman–Crippen MR) is 153 cm³/mol. The van der Waals surface area contributed by atoms with Gasteiger partial charge >= 0.3 is 24.6 Å². The highest BCUT2D eigenvalue weighted by Crippen LogP contribution is 2.42. The summed E-state index contributed by atoms with van der Waals surface area (Å²) in [6.07, 6.45) is -13.3. The number of carbonyl (C=O) groups excluding carboxylic acids is 1.